The van der Waals surface area contributed by atoms with Crippen LogP contribution in [0, 0.1) is 5.82 Å². The average Bonchev–Trinajstić information content (AvgIpc) is 2.44. The Balaban J connectivity index is 2.21. The largest absolute Gasteiger partial charge is 0.444 e. The van der Waals surface area contributed by atoms with Crippen LogP contribution in [0.5, 0.6) is 0 Å². The molecule has 0 spiro atoms. The maximum absolute atomic E-state index is 14.3. The molecule has 1 heterocycles. The average molecular weight is 387 g/mol. The molecule has 0 aliphatic carbocycles. The lowest BCUT2D eigenvalue weighted by molar-refractivity contribution is 0.00684. The van der Waals surface area contributed by atoms with E-state index < -0.39 is 5.60 Å². The number of carbonyl (C=O) groups excluding carboxylic acids is 1. The highest BCUT2D eigenvalue weighted by Gasteiger charge is 2.35. The lowest BCUT2D eigenvalue weighted by Crippen LogP contribution is -2.56. The minimum absolute atomic E-state index is 0.186. The van der Waals surface area contributed by atoms with Crippen molar-refractivity contribution in [3.8, 4) is 0 Å². The molecule has 1 fully saturated rings. The van der Waals surface area contributed by atoms with Crippen LogP contribution in [0.2, 0.25) is 0 Å². The van der Waals surface area contributed by atoms with Gasteiger partial charge in [0.05, 0.1) is 10.5 Å². The molecule has 1 aromatic rings. The first-order valence-corrected chi connectivity index (χ1v) is 8.66. The molecule has 6 heteroatoms. The Morgan fingerprint density at radius 1 is 1.48 bits per heavy atom. The smallest absolute Gasteiger partial charge is 0.410 e. The predicted molar refractivity (Wildman–Crippen MR) is 91.7 cm³/mol. The Morgan fingerprint density at radius 3 is 2.83 bits per heavy atom. The van der Waals surface area contributed by atoms with E-state index in [-0.39, 0.29) is 24.0 Å². The van der Waals surface area contributed by atoms with Crippen molar-refractivity contribution in [1.29, 1.82) is 0 Å². The summed E-state index contributed by atoms with van der Waals surface area (Å²) >= 11 is 3.20. The second kappa shape index (κ2) is 7.18. The first kappa shape index (κ1) is 18.2. The van der Waals surface area contributed by atoms with Gasteiger partial charge in [0.15, 0.2) is 0 Å². The minimum Gasteiger partial charge on any atom is -0.444 e. The highest BCUT2D eigenvalue weighted by atomic mass is 79.9. The van der Waals surface area contributed by atoms with Crippen LogP contribution in [0.15, 0.2) is 22.7 Å². The number of ether oxygens (including phenoxy) is 1. The van der Waals surface area contributed by atoms with Gasteiger partial charge in [0.1, 0.15) is 11.4 Å². The molecule has 23 heavy (non-hydrogen) atoms. The van der Waals surface area contributed by atoms with Gasteiger partial charge in [-0.25, -0.2) is 9.18 Å². The van der Waals surface area contributed by atoms with Crippen molar-refractivity contribution < 1.29 is 13.9 Å². The van der Waals surface area contributed by atoms with Gasteiger partial charge < -0.3 is 15.4 Å². The monoisotopic (exact) mass is 386 g/mol. The summed E-state index contributed by atoms with van der Waals surface area (Å²) < 4.78 is 20.2. The Hall–Kier alpha value is -1.14. The second-order valence-corrected chi connectivity index (χ2v) is 7.82. The van der Waals surface area contributed by atoms with Gasteiger partial charge >= 0.3 is 6.09 Å². The molecular formula is C17H24BrFN2O2. The Morgan fingerprint density at radius 2 is 2.17 bits per heavy atom. The molecule has 2 rings (SSSR count). The van der Waals surface area contributed by atoms with E-state index in [1.54, 1.807) is 23.1 Å². The fourth-order valence-electron chi connectivity index (χ4n) is 2.83. The molecule has 0 aromatic heterocycles. The third-order valence-electron chi connectivity index (χ3n) is 3.92. The van der Waals surface area contributed by atoms with Crippen molar-refractivity contribution in [3.05, 3.63) is 34.1 Å². The van der Waals surface area contributed by atoms with Gasteiger partial charge in [-0.3, -0.25) is 0 Å². The summed E-state index contributed by atoms with van der Waals surface area (Å²) in [5.74, 6) is -0.297. The van der Waals surface area contributed by atoms with Gasteiger partial charge in [0, 0.05) is 12.6 Å². The van der Waals surface area contributed by atoms with Gasteiger partial charge in [-0.15, -0.1) is 0 Å². The number of piperidine rings is 1. The lowest BCUT2D eigenvalue weighted by atomic mass is 9.91. The molecule has 2 N–H and O–H groups in total. The molecule has 1 aliphatic heterocycles. The highest BCUT2D eigenvalue weighted by Crippen LogP contribution is 2.26. The number of likely N-dealkylation sites (tertiary alicyclic amines) is 1. The van der Waals surface area contributed by atoms with Gasteiger partial charge in [-0.05, 0) is 67.6 Å². The van der Waals surface area contributed by atoms with E-state index in [1.165, 1.54) is 0 Å². The number of hydrogen-bond donors (Lipinski definition) is 1. The Kier molecular flexibility index (Phi) is 5.68. The molecule has 0 radical (unpaired) electrons. The summed E-state index contributed by atoms with van der Waals surface area (Å²) in [5.41, 5.74) is 6.21. The van der Waals surface area contributed by atoms with Crippen LogP contribution in [-0.4, -0.2) is 35.2 Å². The summed E-state index contributed by atoms with van der Waals surface area (Å²) in [6.45, 7) is 6.08. The van der Waals surface area contributed by atoms with E-state index in [0.29, 0.717) is 23.0 Å². The molecule has 1 amide bonds. The second-order valence-electron chi connectivity index (χ2n) is 6.96. The molecule has 0 saturated carbocycles. The molecule has 2 atom stereocenters. The van der Waals surface area contributed by atoms with Gasteiger partial charge in [0.25, 0.3) is 0 Å². The fourth-order valence-corrected chi connectivity index (χ4v) is 3.23. The number of carbonyl (C=O) groups is 1. The summed E-state index contributed by atoms with van der Waals surface area (Å²) in [6.07, 6.45) is 1.65. The normalized spacial score (nSPS) is 22.1. The molecule has 2 unspecified atom stereocenters. The van der Waals surface area contributed by atoms with Crippen molar-refractivity contribution in [3.63, 3.8) is 0 Å². The van der Waals surface area contributed by atoms with Crippen LogP contribution in [0.25, 0.3) is 0 Å². The van der Waals surface area contributed by atoms with E-state index in [9.17, 15) is 9.18 Å². The maximum Gasteiger partial charge on any atom is 0.410 e. The SMILES string of the molecule is CC(C)(C)OC(=O)N1CCCC(N)C1Cc1cccc(Br)c1F. The first-order valence-electron chi connectivity index (χ1n) is 7.87. The van der Waals surface area contributed by atoms with Gasteiger partial charge in [-0.1, -0.05) is 12.1 Å². The van der Waals surface area contributed by atoms with Crippen molar-refractivity contribution in [2.24, 2.45) is 5.73 Å². The fraction of sp³-hybridized carbons (Fsp3) is 0.588. The summed E-state index contributed by atoms with van der Waals surface area (Å²) in [7, 11) is 0. The van der Waals surface area contributed by atoms with E-state index in [2.05, 4.69) is 15.9 Å². The first-order chi connectivity index (χ1) is 10.7. The standard InChI is InChI=1S/C17H24BrFN2O2/c1-17(2,3)23-16(22)21-9-5-8-13(20)14(21)10-11-6-4-7-12(18)15(11)19/h4,6-7,13-14H,5,8-10,20H2,1-3H3. The molecular weight excluding hydrogens is 363 g/mol. The van der Waals surface area contributed by atoms with Gasteiger partial charge in [-0.2, -0.15) is 0 Å². The molecule has 1 saturated heterocycles. The van der Waals surface area contributed by atoms with Crippen LogP contribution in [-0.2, 0) is 11.2 Å². The third-order valence-corrected chi connectivity index (χ3v) is 4.53. The number of amides is 1. The lowest BCUT2D eigenvalue weighted by Gasteiger charge is -2.40. The molecule has 0 bridgehead atoms. The Labute approximate surface area is 145 Å². The number of nitrogens with two attached hydrogens (primary N) is 1. The molecule has 1 aromatic carbocycles. The minimum atomic E-state index is -0.565. The van der Waals surface area contributed by atoms with Crippen LogP contribution in [0.4, 0.5) is 9.18 Å². The van der Waals surface area contributed by atoms with E-state index in [4.69, 9.17) is 10.5 Å². The maximum atomic E-state index is 14.3. The summed E-state index contributed by atoms with van der Waals surface area (Å²) in [5, 5.41) is 0. The topological polar surface area (TPSA) is 55.6 Å². The van der Waals surface area contributed by atoms with E-state index in [1.807, 2.05) is 20.8 Å². The van der Waals surface area contributed by atoms with Gasteiger partial charge in [0.2, 0.25) is 0 Å². The number of benzene rings is 1. The summed E-state index contributed by atoms with van der Waals surface area (Å²) in [6, 6.07) is 4.73. The zero-order chi connectivity index (χ0) is 17.2. The van der Waals surface area contributed by atoms with Crippen molar-refractivity contribution >= 4 is 22.0 Å². The molecule has 128 valence electrons. The van der Waals surface area contributed by atoms with E-state index >= 15 is 0 Å². The van der Waals surface area contributed by atoms with Crippen LogP contribution in [0.3, 0.4) is 0 Å². The third kappa shape index (κ3) is 4.67. The van der Waals surface area contributed by atoms with Crippen LogP contribution < -0.4 is 5.73 Å². The zero-order valence-electron chi connectivity index (χ0n) is 13.8. The van der Waals surface area contributed by atoms with Crippen LogP contribution in [0.1, 0.15) is 39.2 Å². The molecule has 1 aliphatic rings. The zero-order valence-corrected chi connectivity index (χ0v) is 15.4. The van der Waals surface area contributed by atoms with Crippen LogP contribution >= 0.6 is 15.9 Å². The highest BCUT2D eigenvalue weighted by molar-refractivity contribution is 9.10. The number of nitrogens with zero attached hydrogens (tertiary/aromatic N) is 1. The van der Waals surface area contributed by atoms with Crippen molar-refractivity contribution in [2.45, 2.75) is 57.7 Å². The van der Waals surface area contributed by atoms with Crippen molar-refractivity contribution in [2.75, 3.05) is 6.54 Å². The summed E-state index contributed by atoms with van der Waals surface area (Å²) in [4.78, 5) is 14.1. The van der Waals surface area contributed by atoms with E-state index in [0.717, 1.165) is 12.8 Å². The molecule has 4 nitrogen and oxygen atoms in total. The Bertz CT molecular complexity index is 574. The number of hydrogen-bond acceptors (Lipinski definition) is 3. The number of rotatable bonds is 2. The quantitative estimate of drug-likeness (QED) is 0.839. The predicted octanol–water partition coefficient (Wildman–Crippen LogP) is 3.86. The van der Waals surface area contributed by atoms with Crippen molar-refractivity contribution in [1.82, 2.24) is 4.90 Å². The number of halogens is 2.